The van der Waals surface area contributed by atoms with Crippen LogP contribution >= 0.6 is 0 Å². The molecule has 0 radical (unpaired) electrons. The van der Waals surface area contributed by atoms with Gasteiger partial charge < -0.3 is 0 Å². The first-order valence-corrected chi connectivity index (χ1v) is 8.09. The first-order chi connectivity index (χ1) is 10.5. The van der Waals surface area contributed by atoms with Gasteiger partial charge in [0.1, 0.15) is 0 Å². The lowest BCUT2D eigenvalue weighted by molar-refractivity contribution is 0.853. The van der Waals surface area contributed by atoms with Crippen LogP contribution < -0.4 is 0 Å². The summed E-state index contributed by atoms with van der Waals surface area (Å²) >= 11 is 0. The summed E-state index contributed by atoms with van der Waals surface area (Å²) < 4.78 is 0. The van der Waals surface area contributed by atoms with Crippen LogP contribution in [0.15, 0.2) is 48.5 Å². The molecule has 0 atom stereocenters. The summed E-state index contributed by atoms with van der Waals surface area (Å²) in [4.78, 5) is 0. The monoisotopic (exact) mass is 288 g/mol. The Balaban J connectivity index is 2.36. The lowest BCUT2D eigenvalue weighted by Crippen LogP contribution is -2.00. The molecule has 3 aromatic rings. The zero-order chi connectivity index (χ0) is 15.9. The first kappa shape index (κ1) is 14.8. The van der Waals surface area contributed by atoms with Crippen LogP contribution in [0.3, 0.4) is 0 Å². The molecule has 0 aromatic heterocycles. The fraction of sp³-hybridized carbons (Fsp3) is 0.273. The van der Waals surface area contributed by atoms with E-state index < -0.39 is 0 Å². The summed E-state index contributed by atoms with van der Waals surface area (Å²) in [7, 11) is 0. The molecule has 0 N–H and O–H groups in total. The second-order valence-electron chi connectivity index (χ2n) is 6.57. The number of fused-ring (bicyclic) bond motifs is 1. The molecule has 0 heterocycles. The Morgan fingerprint density at radius 2 is 1.36 bits per heavy atom. The van der Waals surface area contributed by atoms with Gasteiger partial charge in [-0.15, -0.1) is 0 Å². The van der Waals surface area contributed by atoms with E-state index >= 15 is 0 Å². The van der Waals surface area contributed by atoms with Gasteiger partial charge in [0.15, 0.2) is 0 Å². The highest BCUT2D eigenvalue weighted by Gasteiger charge is 2.14. The van der Waals surface area contributed by atoms with E-state index in [1.807, 2.05) is 0 Å². The average molecular weight is 288 g/mol. The molecule has 0 fully saturated rings. The van der Waals surface area contributed by atoms with Crippen LogP contribution in [0.1, 0.15) is 42.0 Å². The topological polar surface area (TPSA) is 0 Å². The molecule has 0 unspecified atom stereocenters. The van der Waals surface area contributed by atoms with Crippen molar-refractivity contribution in [1.82, 2.24) is 0 Å². The molecule has 112 valence electrons. The third-order valence-electron chi connectivity index (χ3n) is 4.96. The molecule has 0 amide bonds. The summed E-state index contributed by atoms with van der Waals surface area (Å²) in [5.41, 5.74) is 8.46. The van der Waals surface area contributed by atoms with Gasteiger partial charge in [-0.2, -0.15) is 0 Å². The van der Waals surface area contributed by atoms with Crippen molar-refractivity contribution in [2.45, 2.75) is 40.5 Å². The lowest BCUT2D eigenvalue weighted by atomic mass is 9.85. The number of benzene rings is 3. The predicted octanol–water partition coefficient (Wildman–Crippen LogP) is 6.56. The van der Waals surface area contributed by atoms with Crippen molar-refractivity contribution in [3.8, 4) is 11.1 Å². The van der Waals surface area contributed by atoms with Gasteiger partial charge in [0.05, 0.1) is 0 Å². The number of hydrogen-bond acceptors (Lipinski definition) is 0. The number of hydrogen-bond donors (Lipinski definition) is 0. The molecule has 0 bridgehead atoms. The van der Waals surface area contributed by atoms with E-state index in [2.05, 4.69) is 83.1 Å². The van der Waals surface area contributed by atoms with E-state index in [1.54, 1.807) is 0 Å². The van der Waals surface area contributed by atoms with Crippen molar-refractivity contribution in [1.29, 1.82) is 0 Å². The Kier molecular flexibility index (Phi) is 3.78. The van der Waals surface area contributed by atoms with Gasteiger partial charge >= 0.3 is 0 Å². The van der Waals surface area contributed by atoms with E-state index in [-0.39, 0.29) is 0 Å². The normalized spacial score (nSPS) is 11.4. The summed E-state index contributed by atoms with van der Waals surface area (Å²) in [6.45, 7) is 11.3. The molecule has 0 heteroatoms. The maximum absolute atomic E-state index is 2.41. The van der Waals surface area contributed by atoms with Crippen LogP contribution in [-0.2, 0) is 0 Å². The average Bonchev–Trinajstić information content (AvgIpc) is 2.52. The second-order valence-corrected chi connectivity index (χ2v) is 6.57. The van der Waals surface area contributed by atoms with Gasteiger partial charge in [-0.3, -0.25) is 0 Å². The first-order valence-electron chi connectivity index (χ1n) is 8.09. The second kappa shape index (κ2) is 5.61. The Labute approximate surface area is 133 Å². The zero-order valence-electron chi connectivity index (χ0n) is 14.2. The zero-order valence-corrected chi connectivity index (χ0v) is 14.2. The van der Waals surface area contributed by atoms with Crippen molar-refractivity contribution < 1.29 is 0 Å². The molecule has 22 heavy (non-hydrogen) atoms. The van der Waals surface area contributed by atoms with Gasteiger partial charge in [0, 0.05) is 0 Å². The van der Waals surface area contributed by atoms with Crippen LogP contribution in [0.5, 0.6) is 0 Å². The molecule has 0 aliphatic rings. The van der Waals surface area contributed by atoms with Crippen molar-refractivity contribution in [3.05, 3.63) is 70.8 Å². The molecule has 0 saturated heterocycles. The van der Waals surface area contributed by atoms with Gasteiger partial charge in [-0.25, -0.2) is 0 Å². The van der Waals surface area contributed by atoms with Gasteiger partial charge in [0.25, 0.3) is 0 Å². The molecule has 0 saturated carbocycles. The molecule has 3 rings (SSSR count). The van der Waals surface area contributed by atoms with Crippen molar-refractivity contribution in [2.24, 2.45) is 0 Å². The SMILES string of the molecule is Cc1c(-c2cccc3ccccc23)cc(C(C)C)c(C)c1C. The predicted molar refractivity (Wildman–Crippen MR) is 97.7 cm³/mol. The van der Waals surface area contributed by atoms with Gasteiger partial charge in [0.2, 0.25) is 0 Å². The highest BCUT2D eigenvalue weighted by Crippen LogP contribution is 2.36. The third-order valence-corrected chi connectivity index (χ3v) is 4.96. The molecule has 0 spiro atoms. The summed E-state index contributed by atoms with van der Waals surface area (Å²) in [6.07, 6.45) is 0. The summed E-state index contributed by atoms with van der Waals surface area (Å²) in [5, 5.41) is 2.65. The molecule has 0 nitrogen and oxygen atoms in total. The van der Waals surface area contributed by atoms with E-state index in [0.29, 0.717) is 5.92 Å². The maximum atomic E-state index is 2.41. The van der Waals surface area contributed by atoms with Crippen molar-refractivity contribution in [3.63, 3.8) is 0 Å². The van der Waals surface area contributed by atoms with E-state index in [0.717, 1.165) is 0 Å². The molecule has 3 aromatic carbocycles. The Morgan fingerprint density at radius 3 is 2.09 bits per heavy atom. The molecular weight excluding hydrogens is 264 g/mol. The smallest absolute Gasteiger partial charge is 0.0103 e. The summed E-state index contributed by atoms with van der Waals surface area (Å²) in [6, 6.07) is 17.7. The standard InChI is InChI=1S/C22H24/c1-14(2)21-13-22(17(5)15(3)16(21)4)20-12-8-10-18-9-6-7-11-19(18)20/h6-14H,1-5H3. The van der Waals surface area contributed by atoms with E-state index in [4.69, 9.17) is 0 Å². The van der Waals surface area contributed by atoms with E-state index in [1.165, 1.54) is 44.2 Å². The van der Waals surface area contributed by atoms with Crippen LogP contribution in [0.25, 0.3) is 21.9 Å². The van der Waals surface area contributed by atoms with E-state index in [9.17, 15) is 0 Å². The van der Waals surface area contributed by atoms with Crippen molar-refractivity contribution in [2.75, 3.05) is 0 Å². The summed E-state index contributed by atoms with van der Waals surface area (Å²) in [5.74, 6) is 0.549. The Morgan fingerprint density at radius 1 is 0.682 bits per heavy atom. The minimum absolute atomic E-state index is 0.549. The third kappa shape index (κ3) is 2.33. The quantitative estimate of drug-likeness (QED) is 0.501. The maximum Gasteiger partial charge on any atom is -0.0103 e. The molecule has 0 aliphatic heterocycles. The van der Waals surface area contributed by atoms with Crippen LogP contribution in [0.2, 0.25) is 0 Å². The minimum Gasteiger partial charge on any atom is -0.0616 e. The van der Waals surface area contributed by atoms with Gasteiger partial charge in [-0.05, 0) is 70.8 Å². The fourth-order valence-corrected chi connectivity index (χ4v) is 3.41. The van der Waals surface area contributed by atoms with Crippen LogP contribution in [0.4, 0.5) is 0 Å². The molecule has 0 aliphatic carbocycles. The van der Waals surface area contributed by atoms with Crippen LogP contribution in [0, 0.1) is 20.8 Å². The lowest BCUT2D eigenvalue weighted by Gasteiger charge is -2.19. The Bertz CT molecular complexity index is 833. The van der Waals surface area contributed by atoms with Crippen LogP contribution in [-0.4, -0.2) is 0 Å². The van der Waals surface area contributed by atoms with Crippen molar-refractivity contribution >= 4 is 10.8 Å². The fourth-order valence-electron chi connectivity index (χ4n) is 3.41. The Hall–Kier alpha value is -2.08. The highest BCUT2D eigenvalue weighted by atomic mass is 14.2. The largest absolute Gasteiger partial charge is 0.0616 e. The highest BCUT2D eigenvalue weighted by molar-refractivity contribution is 5.97. The van der Waals surface area contributed by atoms with Gasteiger partial charge in [-0.1, -0.05) is 62.4 Å². The number of rotatable bonds is 2. The molecular formula is C22H24. The minimum atomic E-state index is 0.549.